The SMILES string of the molecule is CC(C)CN(CCC#N)C1CC(N)c2ccccc21. The molecule has 0 radical (unpaired) electrons. The van der Waals surface area contributed by atoms with Crippen LogP contribution in [0, 0.1) is 17.2 Å². The Balaban J connectivity index is 2.21. The summed E-state index contributed by atoms with van der Waals surface area (Å²) in [6.07, 6.45) is 1.55. The predicted octanol–water partition coefficient (Wildman–Crippen LogP) is 3.00. The van der Waals surface area contributed by atoms with Gasteiger partial charge in [0.2, 0.25) is 0 Å². The minimum atomic E-state index is 0.137. The first-order valence-electron chi connectivity index (χ1n) is 7.09. The monoisotopic (exact) mass is 257 g/mol. The summed E-state index contributed by atoms with van der Waals surface area (Å²) in [4.78, 5) is 2.43. The lowest BCUT2D eigenvalue weighted by Crippen LogP contribution is -2.32. The smallest absolute Gasteiger partial charge is 0.0635 e. The fourth-order valence-electron chi connectivity index (χ4n) is 3.03. The minimum absolute atomic E-state index is 0.137. The van der Waals surface area contributed by atoms with E-state index in [1.807, 2.05) is 0 Å². The molecule has 2 N–H and O–H groups in total. The van der Waals surface area contributed by atoms with Crippen molar-refractivity contribution in [2.75, 3.05) is 13.1 Å². The molecule has 1 aliphatic rings. The molecule has 0 bridgehead atoms. The van der Waals surface area contributed by atoms with Gasteiger partial charge in [0.25, 0.3) is 0 Å². The first-order valence-corrected chi connectivity index (χ1v) is 7.09. The first-order chi connectivity index (χ1) is 9.13. The van der Waals surface area contributed by atoms with Crippen LogP contribution < -0.4 is 5.73 Å². The van der Waals surface area contributed by atoms with E-state index in [1.165, 1.54) is 11.1 Å². The zero-order valence-corrected chi connectivity index (χ0v) is 11.8. The van der Waals surface area contributed by atoms with Gasteiger partial charge in [-0.05, 0) is 23.5 Å². The number of hydrogen-bond acceptors (Lipinski definition) is 3. The molecular formula is C16H23N3. The van der Waals surface area contributed by atoms with Crippen LogP contribution in [0.25, 0.3) is 0 Å². The molecule has 0 heterocycles. The van der Waals surface area contributed by atoms with Crippen molar-refractivity contribution < 1.29 is 0 Å². The third kappa shape index (κ3) is 3.15. The Labute approximate surface area is 116 Å². The van der Waals surface area contributed by atoms with E-state index in [-0.39, 0.29) is 6.04 Å². The van der Waals surface area contributed by atoms with E-state index in [4.69, 9.17) is 11.0 Å². The van der Waals surface area contributed by atoms with Gasteiger partial charge in [0, 0.05) is 31.6 Å². The highest BCUT2D eigenvalue weighted by Crippen LogP contribution is 2.41. The largest absolute Gasteiger partial charge is 0.324 e. The Morgan fingerprint density at radius 1 is 1.37 bits per heavy atom. The zero-order valence-electron chi connectivity index (χ0n) is 11.8. The van der Waals surface area contributed by atoms with Crippen LogP contribution in [0.2, 0.25) is 0 Å². The average Bonchev–Trinajstić information content (AvgIpc) is 2.72. The van der Waals surface area contributed by atoms with Gasteiger partial charge in [-0.15, -0.1) is 0 Å². The van der Waals surface area contributed by atoms with Crippen LogP contribution in [0.1, 0.15) is 49.9 Å². The van der Waals surface area contributed by atoms with Gasteiger partial charge < -0.3 is 5.73 Å². The van der Waals surface area contributed by atoms with Crippen LogP contribution in [-0.2, 0) is 0 Å². The van der Waals surface area contributed by atoms with Gasteiger partial charge in [-0.1, -0.05) is 38.1 Å². The summed E-state index contributed by atoms with van der Waals surface area (Å²) < 4.78 is 0. The van der Waals surface area contributed by atoms with Crippen molar-refractivity contribution in [1.29, 1.82) is 5.26 Å². The highest BCUT2D eigenvalue weighted by Gasteiger charge is 2.32. The normalized spacial score (nSPS) is 21.7. The molecular weight excluding hydrogens is 234 g/mol. The van der Waals surface area contributed by atoms with Crippen molar-refractivity contribution in [3.8, 4) is 6.07 Å². The lowest BCUT2D eigenvalue weighted by atomic mass is 10.0. The third-order valence-corrected chi connectivity index (χ3v) is 3.78. The van der Waals surface area contributed by atoms with Crippen molar-refractivity contribution >= 4 is 0 Å². The number of fused-ring (bicyclic) bond motifs is 1. The van der Waals surface area contributed by atoms with Gasteiger partial charge in [0.15, 0.2) is 0 Å². The minimum Gasteiger partial charge on any atom is -0.324 e. The van der Waals surface area contributed by atoms with E-state index in [0.717, 1.165) is 19.5 Å². The van der Waals surface area contributed by atoms with Crippen LogP contribution in [0.15, 0.2) is 24.3 Å². The molecule has 1 aromatic rings. The number of nitrogens with two attached hydrogens (primary N) is 1. The van der Waals surface area contributed by atoms with Crippen molar-refractivity contribution in [2.24, 2.45) is 11.7 Å². The summed E-state index contributed by atoms with van der Waals surface area (Å²) in [5, 5.41) is 8.84. The molecule has 2 rings (SSSR count). The van der Waals surface area contributed by atoms with Gasteiger partial charge in [-0.2, -0.15) is 5.26 Å². The molecule has 0 aromatic heterocycles. The van der Waals surface area contributed by atoms with Crippen LogP contribution in [0.4, 0.5) is 0 Å². The molecule has 0 spiro atoms. The number of hydrogen-bond donors (Lipinski definition) is 1. The first kappa shape index (κ1) is 14.0. The van der Waals surface area contributed by atoms with Crippen molar-refractivity contribution in [3.63, 3.8) is 0 Å². The summed E-state index contributed by atoms with van der Waals surface area (Å²) in [6.45, 7) is 6.30. The summed E-state index contributed by atoms with van der Waals surface area (Å²) in [7, 11) is 0. The van der Waals surface area contributed by atoms with E-state index in [0.29, 0.717) is 18.4 Å². The highest BCUT2D eigenvalue weighted by atomic mass is 15.2. The topological polar surface area (TPSA) is 53.0 Å². The molecule has 0 fully saturated rings. The van der Waals surface area contributed by atoms with Crippen molar-refractivity contribution in [2.45, 2.75) is 38.8 Å². The molecule has 2 atom stereocenters. The number of nitriles is 1. The Bertz CT molecular complexity index is 461. The van der Waals surface area contributed by atoms with Crippen LogP contribution in [0.3, 0.4) is 0 Å². The van der Waals surface area contributed by atoms with E-state index < -0.39 is 0 Å². The molecule has 0 saturated heterocycles. The Morgan fingerprint density at radius 2 is 2.05 bits per heavy atom. The van der Waals surface area contributed by atoms with Crippen molar-refractivity contribution in [1.82, 2.24) is 4.90 Å². The van der Waals surface area contributed by atoms with Gasteiger partial charge in [-0.3, -0.25) is 4.90 Å². The maximum Gasteiger partial charge on any atom is 0.0635 e. The molecule has 1 aliphatic carbocycles. The fourth-order valence-corrected chi connectivity index (χ4v) is 3.03. The van der Waals surface area contributed by atoms with Crippen molar-refractivity contribution in [3.05, 3.63) is 35.4 Å². The maximum absolute atomic E-state index is 8.84. The van der Waals surface area contributed by atoms with Gasteiger partial charge in [-0.25, -0.2) is 0 Å². The van der Waals surface area contributed by atoms with Crippen LogP contribution in [-0.4, -0.2) is 18.0 Å². The van der Waals surface area contributed by atoms with Gasteiger partial charge in [0.1, 0.15) is 0 Å². The van der Waals surface area contributed by atoms with Gasteiger partial charge in [0.05, 0.1) is 6.07 Å². The summed E-state index contributed by atoms with van der Waals surface area (Å²) >= 11 is 0. The molecule has 0 amide bonds. The summed E-state index contributed by atoms with van der Waals surface area (Å²) in [6, 6.07) is 11.2. The third-order valence-electron chi connectivity index (χ3n) is 3.78. The molecule has 3 heteroatoms. The highest BCUT2D eigenvalue weighted by molar-refractivity contribution is 5.37. The molecule has 0 aliphatic heterocycles. The number of nitrogens with zero attached hydrogens (tertiary/aromatic N) is 2. The Morgan fingerprint density at radius 3 is 2.68 bits per heavy atom. The standard InChI is InChI=1S/C16H23N3/c1-12(2)11-19(9-5-8-17)16-10-15(18)13-6-3-4-7-14(13)16/h3-4,6-7,12,15-16H,5,9-11,18H2,1-2H3. The summed E-state index contributed by atoms with van der Waals surface area (Å²) in [5.41, 5.74) is 8.87. The molecule has 102 valence electrons. The number of rotatable bonds is 5. The molecule has 0 saturated carbocycles. The second-order valence-electron chi connectivity index (χ2n) is 5.78. The molecule has 1 aromatic carbocycles. The quantitative estimate of drug-likeness (QED) is 0.882. The van der Waals surface area contributed by atoms with Gasteiger partial charge >= 0.3 is 0 Å². The molecule has 3 nitrogen and oxygen atoms in total. The van der Waals surface area contributed by atoms with E-state index in [9.17, 15) is 0 Å². The zero-order chi connectivity index (χ0) is 13.8. The molecule has 2 unspecified atom stereocenters. The Kier molecular flexibility index (Phi) is 4.57. The number of benzene rings is 1. The van der Waals surface area contributed by atoms with E-state index >= 15 is 0 Å². The lowest BCUT2D eigenvalue weighted by Gasteiger charge is -2.30. The lowest BCUT2D eigenvalue weighted by molar-refractivity contribution is 0.174. The fraction of sp³-hybridized carbons (Fsp3) is 0.562. The Hall–Kier alpha value is -1.37. The van der Waals surface area contributed by atoms with E-state index in [2.05, 4.69) is 49.1 Å². The maximum atomic E-state index is 8.84. The molecule has 19 heavy (non-hydrogen) atoms. The second kappa shape index (κ2) is 6.18. The summed E-state index contributed by atoms with van der Waals surface area (Å²) in [5.74, 6) is 0.600. The predicted molar refractivity (Wildman–Crippen MR) is 77.4 cm³/mol. The second-order valence-corrected chi connectivity index (χ2v) is 5.78. The average molecular weight is 257 g/mol. The van der Waals surface area contributed by atoms with E-state index in [1.54, 1.807) is 0 Å². The van der Waals surface area contributed by atoms with Crippen LogP contribution in [0.5, 0.6) is 0 Å². The van der Waals surface area contributed by atoms with Crippen LogP contribution >= 0.6 is 0 Å².